The van der Waals surface area contributed by atoms with Crippen LogP contribution in [-0.2, 0) is 0 Å². The van der Waals surface area contributed by atoms with Crippen LogP contribution in [0, 0.1) is 0 Å². The quantitative estimate of drug-likeness (QED) is 0.303. The lowest BCUT2D eigenvalue weighted by Crippen LogP contribution is -2.56. The van der Waals surface area contributed by atoms with Gasteiger partial charge in [-0.15, -0.1) is 0 Å². The van der Waals surface area contributed by atoms with E-state index < -0.39 is 15.9 Å². The topological polar surface area (TPSA) is 62.4 Å². The molecule has 5 nitrogen and oxygen atoms in total. The van der Waals surface area contributed by atoms with Gasteiger partial charge in [-0.1, -0.05) is 46.4 Å². The van der Waals surface area contributed by atoms with Gasteiger partial charge in [0, 0.05) is 16.3 Å². The van der Waals surface area contributed by atoms with Crippen molar-refractivity contribution in [1.29, 1.82) is 0 Å². The van der Waals surface area contributed by atoms with Gasteiger partial charge in [-0.25, -0.2) is 0 Å². The molecule has 0 radical (unpaired) electrons. The average molecular weight is 481 g/mol. The first-order valence-electron chi connectivity index (χ1n) is 8.12. The SMILES string of the molecule is CCOc1ccc(NC(=S)N[C@@H](NC(=O)c2ccc(Cl)cc2)C(Cl)(Cl)Cl)cc1. The van der Waals surface area contributed by atoms with E-state index in [2.05, 4.69) is 16.0 Å². The molecule has 0 fully saturated rings. The summed E-state index contributed by atoms with van der Waals surface area (Å²) in [5, 5.41) is 9.02. The number of carbonyl (C=O) groups is 1. The second-order valence-corrected chi connectivity index (χ2v) is 8.72. The summed E-state index contributed by atoms with van der Waals surface area (Å²) in [6, 6.07) is 13.5. The lowest BCUT2D eigenvalue weighted by molar-refractivity contribution is 0.0934. The van der Waals surface area contributed by atoms with E-state index in [0.29, 0.717) is 22.9 Å². The van der Waals surface area contributed by atoms with Gasteiger partial charge in [0.25, 0.3) is 5.91 Å². The maximum absolute atomic E-state index is 12.4. The molecule has 0 aliphatic heterocycles. The molecular weight excluding hydrogens is 464 g/mol. The minimum absolute atomic E-state index is 0.164. The Kier molecular flexibility index (Phi) is 8.46. The van der Waals surface area contributed by atoms with E-state index in [-0.39, 0.29) is 5.11 Å². The fourth-order valence-electron chi connectivity index (χ4n) is 2.11. The van der Waals surface area contributed by atoms with Crippen molar-refractivity contribution >= 4 is 75.3 Å². The molecule has 3 N–H and O–H groups in total. The highest BCUT2D eigenvalue weighted by Gasteiger charge is 2.34. The third kappa shape index (κ3) is 7.18. The molecule has 0 aliphatic rings. The van der Waals surface area contributed by atoms with E-state index in [4.69, 9.17) is 63.4 Å². The zero-order valence-corrected chi connectivity index (χ0v) is 18.5. The summed E-state index contributed by atoms with van der Waals surface area (Å²) in [7, 11) is 0. The van der Waals surface area contributed by atoms with Crippen molar-refractivity contribution in [2.75, 3.05) is 11.9 Å². The highest BCUT2D eigenvalue weighted by molar-refractivity contribution is 7.80. The summed E-state index contributed by atoms with van der Waals surface area (Å²) in [6.07, 6.45) is -1.08. The van der Waals surface area contributed by atoms with Crippen molar-refractivity contribution in [2.24, 2.45) is 0 Å². The van der Waals surface area contributed by atoms with Crippen LogP contribution in [0.2, 0.25) is 5.02 Å². The number of thiocarbonyl (C=S) groups is 1. The molecule has 150 valence electrons. The van der Waals surface area contributed by atoms with Gasteiger partial charge in [0.1, 0.15) is 11.9 Å². The maximum Gasteiger partial charge on any atom is 0.252 e. The molecule has 2 aromatic rings. The number of anilines is 1. The molecule has 2 aromatic carbocycles. The lowest BCUT2D eigenvalue weighted by Gasteiger charge is -2.27. The van der Waals surface area contributed by atoms with Crippen LogP contribution in [0.15, 0.2) is 48.5 Å². The normalized spacial score (nSPS) is 12.0. The molecule has 2 rings (SSSR count). The maximum atomic E-state index is 12.4. The third-order valence-corrected chi connectivity index (χ3v) is 4.53. The Hall–Kier alpha value is -1.44. The van der Waals surface area contributed by atoms with Crippen LogP contribution < -0.4 is 20.7 Å². The number of amides is 1. The Labute approximate surface area is 188 Å². The van der Waals surface area contributed by atoms with Gasteiger partial charge in [-0.05, 0) is 67.7 Å². The molecule has 0 bridgehead atoms. The second-order valence-electron chi connectivity index (χ2n) is 5.51. The highest BCUT2D eigenvalue weighted by atomic mass is 35.6. The lowest BCUT2D eigenvalue weighted by atomic mass is 10.2. The van der Waals surface area contributed by atoms with Crippen LogP contribution in [0.1, 0.15) is 17.3 Å². The molecular formula is C18H17Cl4N3O2S. The summed E-state index contributed by atoms with van der Waals surface area (Å²) in [5.41, 5.74) is 1.06. The number of ether oxygens (including phenoxy) is 1. The number of benzene rings is 2. The van der Waals surface area contributed by atoms with Gasteiger partial charge in [0.15, 0.2) is 5.11 Å². The van der Waals surface area contributed by atoms with Gasteiger partial charge >= 0.3 is 0 Å². The van der Waals surface area contributed by atoms with E-state index in [9.17, 15) is 4.79 Å². The minimum atomic E-state index is -1.85. The molecule has 28 heavy (non-hydrogen) atoms. The van der Waals surface area contributed by atoms with Gasteiger partial charge in [0.2, 0.25) is 3.79 Å². The van der Waals surface area contributed by atoms with E-state index in [0.717, 1.165) is 5.75 Å². The van der Waals surface area contributed by atoms with Crippen molar-refractivity contribution in [3.8, 4) is 5.75 Å². The first-order valence-corrected chi connectivity index (χ1v) is 10.0. The molecule has 10 heteroatoms. The zero-order valence-electron chi connectivity index (χ0n) is 14.6. The van der Waals surface area contributed by atoms with Crippen LogP contribution in [0.25, 0.3) is 0 Å². The van der Waals surface area contributed by atoms with E-state index in [1.807, 2.05) is 6.92 Å². The second kappa shape index (κ2) is 10.4. The summed E-state index contributed by atoms with van der Waals surface area (Å²) >= 11 is 29.0. The number of halogens is 4. The highest BCUT2D eigenvalue weighted by Crippen LogP contribution is 2.29. The fourth-order valence-corrected chi connectivity index (χ4v) is 2.80. The van der Waals surface area contributed by atoms with E-state index in [1.54, 1.807) is 48.5 Å². The number of hydrogen-bond acceptors (Lipinski definition) is 3. The fraction of sp³-hybridized carbons (Fsp3) is 0.222. The monoisotopic (exact) mass is 479 g/mol. The number of carbonyl (C=O) groups excluding carboxylic acids is 1. The van der Waals surface area contributed by atoms with Gasteiger partial charge in [-0.3, -0.25) is 4.79 Å². The molecule has 0 saturated carbocycles. The Morgan fingerprint density at radius 2 is 1.68 bits per heavy atom. The molecule has 1 amide bonds. The summed E-state index contributed by atoms with van der Waals surface area (Å²) in [4.78, 5) is 12.4. The predicted molar refractivity (Wildman–Crippen MR) is 120 cm³/mol. The molecule has 0 saturated heterocycles. The van der Waals surface area contributed by atoms with Crippen molar-refractivity contribution in [1.82, 2.24) is 10.6 Å². The standard InChI is InChI=1S/C18H17Cl4N3O2S/c1-2-27-14-9-7-13(8-10-14)23-17(28)25-16(18(20,21)22)24-15(26)11-3-5-12(19)6-4-11/h3-10,16H,2H2,1H3,(H,24,26)(H2,23,25,28)/t16-/m1/s1. The van der Waals surface area contributed by atoms with Crippen LogP contribution in [0.5, 0.6) is 5.75 Å². The average Bonchev–Trinajstić information content (AvgIpc) is 2.62. The van der Waals surface area contributed by atoms with Gasteiger partial charge in [0.05, 0.1) is 6.61 Å². The molecule has 0 heterocycles. The first kappa shape index (κ1) is 22.8. The minimum Gasteiger partial charge on any atom is -0.494 e. The van der Waals surface area contributed by atoms with Crippen molar-refractivity contribution in [2.45, 2.75) is 16.9 Å². The number of alkyl halides is 3. The molecule has 0 aromatic heterocycles. The van der Waals surface area contributed by atoms with E-state index in [1.165, 1.54) is 0 Å². The van der Waals surface area contributed by atoms with Gasteiger partial charge < -0.3 is 20.7 Å². The van der Waals surface area contributed by atoms with Gasteiger partial charge in [-0.2, -0.15) is 0 Å². The van der Waals surface area contributed by atoms with Crippen molar-refractivity contribution < 1.29 is 9.53 Å². The Balaban J connectivity index is 2.01. The van der Waals surface area contributed by atoms with Crippen molar-refractivity contribution in [3.05, 3.63) is 59.1 Å². The number of hydrogen-bond donors (Lipinski definition) is 3. The summed E-state index contributed by atoms with van der Waals surface area (Å²) in [6.45, 7) is 2.48. The molecule has 0 aliphatic carbocycles. The van der Waals surface area contributed by atoms with Crippen LogP contribution in [-0.4, -0.2) is 27.6 Å². The predicted octanol–water partition coefficient (Wildman–Crippen LogP) is 5.15. The Morgan fingerprint density at radius 3 is 2.21 bits per heavy atom. The van der Waals surface area contributed by atoms with Crippen molar-refractivity contribution in [3.63, 3.8) is 0 Å². The Bertz CT molecular complexity index is 811. The Morgan fingerprint density at radius 1 is 1.07 bits per heavy atom. The summed E-state index contributed by atoms with van der Waals surface area (Å²) < 4.78 is 3.53. The smallest absolute Gasteiger partial charge is 0.252 e. The van der Waals surface area contributed by atoms with Crippen LogP contribution >= 0.6 is 58.6 Å². The molecule has 0 spiro atoms. The largest absolute Gasteiger partial charge is 0.494 e. The molecule has 1 atom stereocenters. The number of rotatable bonds is 6. The molecule has 0 unspecified atom stereocenters. The zero-order chi connectivity index (χ0) is 20.7. The first-order chi connectivity index (χ1) is 13.2. The van der Waals surface area contributed by atoms with Crippen LogP contribution in [0.4, 0.5) is 5.69 Å². The summed E-state index contributed by atoms with van der Waals surface area (Å²) in [5.74, 6) is 0.283. The third-order valence-electron chi connectivity index (χ3n) is 3.41. The number of nitrogens with one attached hydrogen (secondary N) is 3. The van der Waals surface area contributed by atoms with Crippen LogP contribution in [0.3, 0.4) is 0 Å². The van der Waals surface area contributed by atoms with E-state index >= 15 is 0 Å².